The van der Waals surface area contributed by atoms with Crippen LogP contribution in [0.5, 0.6) is 0 Å². The van der Waals surface area contributed by atoms with E-state index in [1.165, 1.54) is 21.7 Å². The van der Waals surface area contributed by atoms with E-state index in [4.69, 9.17) is 0 Å². The maximum Gasteiger partial charge on any atom is 0.211 e. The maximum absolute atomic E-state index is 12.4. The van der Waals surface area contributed by atoms with Crippen molar-refractivity contribution in [3.05, 3.63) is 35.4 Å². The van der Waals surface area contributed by atoms with Gasteiger partial charge in [0.15, 0.2) is 0 Å². The molecule has 2 atom stereocenters. The molecular formula is C16H21NO3S. The highest BCUT2D eigenvalue weighted by Crippen LogP contribution is 2.37. The minimum absolute atomic E-state index is 0.0369. The van der Waals surface area contributed by atoms with Crippen molar-refractivity contribution in [2.24, 2.45) is 5.92 Å². The first kappa shape index (κ1) is 14.7. The molecule has 21 heavy (non-hydrogen) atoms. The van der Waals surface area contributed by atoms with Gasteiger partial charge >= 0.3 is 0 Å². The lowest BCUT2D eigenvalue weighted by molar-refractivity contribution is -0.122. The number of rotatable bonds is 4. The summed E-state index contributed by atoms with van der Waals surface area (Å²) in [5, 5.41) is 0. The van der Waals surface area contributed by atoms with Crippen LogP contribution in [0.2, 0.25) is 0 Å². The van der Waals surface area contributed by atoms with Crippen molar-refractivity contribution in [3.63, 3.8) is 0 Å². The molecule has 5 heteroatoms. The molecule has 1 heterocycles. The molecular weight excluding hydrogens is 286 g/mol. The van der Waals surface area contributed by atoms with Crippen LogP contribution in [0, 0.1) is 5.92 Å². The van der Waals surface area contributed by atoms with Crippen LogP contribution in [-0.2, 0) is 21.2 Å². The number of carbonyl (C=O) groups excluding carboxylic acids is 1. The predicted molar refractivity (Wildman–Crippen MR) is 81.7 cm³/mol. The molecule has 2 aliphatic rings. The summed E-state index contributed by atoms with van der Waals surface area (Å²) < 4.78 is 24.8. The van der Waals surface area contributed by atoms with Gasteiger partial charge in [-0.3, -0.25) is 4.79 Å². The third kappa shape index (κ3) is 3.04. The maximum atomic E-state index is 12.4. The van der Waals surface area contributed by atoms with E-state index in [1.807, 2.05) is 18.2 Å². The predicted octanol–water partition coefficient (Wildman–Crippen LogP) is 1.96. The molecule has 0 aromatic heterocycles. The second kappa shape index (κ2) is 5.54. The lowest BCUT2D eigenvalue weighted by atomic mass is 9.73. The second-order valence-corrected chi connectivity index (χ2v) is 8.24. The van der Waals surface area contributed by atoms with E-state index in [2.05, 4.69) is 6.07 Å². The van der Waals surface area contributed by atoms with Crippen molar-refractivity contribution in [2.45, 2.75) is 31.6 Å². The molecule has 0 spiro atoms. The zero-order valence-corrected chi connectivity index (χ0v) is 13.1. The quantitative estimate of drug-likeness (QED) is 0.854. The lowest BCUT2D eigenvalue weighted by Gasteiger charge is -2.33. The zero-order valence-electron chi connectivity index (χ0n) is 12.3. The van der Waals surface area contributed by atoms with Crippen LogP contribution >= 0.6 is 0 Å². The van der Waals surface area contributed by atoms with E-state index in [9.17, 15) is 13.2 Å². The van der Waals surface area contributed by atoms with E-state index in [0.717, 1.165) is 19.3 Å². The zero-order chi connectivity index (χ0) is 15.0. The molecule has 2 unspecified atom stereocenters. The Morgan fingerprint density at radius 3 is 2.81 bits per heavy atom. The summed E-state index contributed by atoms with van der Waals surface area (Å²) in [6.07, 6.45) is 4.40. The first-order valence-electron chi connectivity index (χ1n) is 7.51. The van der Waals surface area contributed by atoms with Gasteiger partial charge in [0, 0.05) is 25.4 Å². The van der Waals surface area contributed by atoms with Gasteiger partial charge in [-0.1, -0.05) is 24.3 Å². The number of sulfonamides is 1. The van der Waals surface area contributed by atoms with Gasteiger partial charge in [0.25, 0.3) is 0 Å². The molecule has 1 saturated heterocycles. The number of benzene rings is 1. The van der Waals surface area contributed by atoms with Crippen LogP contribution in [0.15, 0.2) is 24.3 Å². The van der Waals surface area contributed by atoms with E-state index >= 15 is 0 Å². The van der Waals surface area contributed by atoms with Gasteiger partial charge in [-0.15, -0.1) is 0 Å². The molecule has 1 aromatic rings. The second-order valence-electron chi connectivity index (χ2n) is 6.26. The number of nitrogens with zero attached hydrogens (tertiary/aromatic N) is 1. The molecule has 0 amide bonds. The number of carbonyl (C=O) groups is 1. The van der Waals surface area contributed by atoms with Crippen LogP contribution in [0.3, 0.4) is 0 Å². The Bertz CT molecular complexity index is 653. The number of Topliss-reactive ketones (excluding diaryl/α,β-unsaturated/α-hetero) is 1. The van der Waals surface area contributed by atoms with Crippen molar-refractivity contribution >= 4 is 15.8 Å². The fraction of sp³-hybridized carbons (Fsp3) is 0.562. The number of hydrogen-bond donors (Lipinski definition) is 0. The minimum atomic E-state index is -3.13. The van der Waals surface area contributed by atoms with Gasteiger partial charge in [0.05, 0.1) is 6.26 Å². The fourth-order valence-electron chi connectivity index (χ4n) is 3.47. The molecule has 114 valence electrons. The topological polar surface area (TPSA) is 54.5 Å². The Hall–Kier alpha value is -1.20. The Kier molecular flexibility index (Phi) is 3.88. The van der Waals surface area contributed by atoms with Crippen LogP contribution < -0.4 is 0 Å². The number of piperidine rings is 1. The van der Waals surface area contributed by atoms with E-state index in [1.54, 1.807) is 0 Å². The summed E-state index contributed by atoms with van der Waals surface area (Å²) in [6.45, 7) is 1.09. The highest BCUT2D eigenvalue weighted by atomic mass is 32.2. The number of hydrogen-bond acceptors (Lipinski definition) is 3. The molecule has 0 radical (unpaired) electrons. The van der Waals surface area contributed by atoms with Gasteiger partial charge in [-0.2, -0.15) is 0 Å². The highest BCUT2D eigenvalue weighted by Gasteiger charge is 2.34. The Morgan fingerprint density at radius 1 is 1.33 bits per heavy atom. The average molecular weight is 307 g/mol. The number of fused-ring (bicyclic) bond motifs is 1. The SMILES string of the molecule is CS(=O)(=O)N1CCCC(CC(=O)C2Cc3ccccc32)C1. The highest BCUT2D eigenvalue weighted by molar-refractivity contribution is 7.88. The van der Waals surface area contributed by atoms with E-state index in [-0.39, 0.29) is 17.6 Å². The Labute approximate surface area is 126 Å². The summed E-state index contributed by atoms with van der Waals surface area (Å²) in [7, 11) is -3.13. The standard InChI is InChI=1S/C16H21NO3S/c1-21(19,20)17-8-4-5-12(11-17)9-16(18)15-10-13-6-2-3-7-14(13)15/h2-3,6-7,12,15H,4-5,8-11H2,1H3. The van der Waals surface area contributed by atoms with Gasteiger partial charge in [-0.25, -0.2) is 12.7 Å². The van der Waals surface area contributed by atoms with E-state index in [0.29, 0.717) is 19.5 Å². The van der Waals surface area contributed by atoms with Crippen molar-refractivity contribution in [1.82, 2.24) is 4.31 Å². The first-order chi connectivity index (χ1) is 9.95. The molecule has 1 fully saturated rings. The smallest absolute Gasteiger partial charge is 0.211 e. The Balaban J connectivity index is 1.61. The van der Waals surface area contributed by atoms with Crippen molar-refractivity contribution in [3.8, 4) is 0 Å². The molecule has 1 aromatic carbocycles. The minimum Gasteiger partial charge on any atom is -0.299 e. The summed E-state index contributed by atoms with van der Waals surface area (Å²) >= 11 is 0. The molecule has 3 rings (SSSR count). The molecule has 1 aliphatic carbocycles. The lowest BCUT2D eigenvalue weighted by Crippen LogP contribution is -2.40. The summed E-state index contributed by atoms with van der Waals surface area (Å²) in [6, 6.07) is 8.09. The molecule has 1 aliphatic heterocycles. The third-order valence-electron chi connectivity index (χ3n) is 4.68. The molecule has 0 saturated carbocycles. The van der Waals surface area contributed by atoms with Crippen molar-refractivity contribution < 1.29 is 13.2 Å². The van der Waals surface area contributed by atoms with Gasteiger partial charge in [-0.05, 0) is 36.3 Å². The monoisotopic (exact) mass is 307 g/mol. The fourth-order valence-corrected chi connectivity index (χ4v) is 4.41. The summed E-state index contributed by atoms with van der Waals surface area (Å²) in [5.74, 6) is 0.484. The molecule has 4 nitrogen and oxygen atoms in total. The summed E-state index contributed by atoms with van der Waals surface area (Å²) in [5.41, 5.74) is 2.44. The normalized spacial score (nSPS) is 26.0. The van der Waals surface area contributed by atoms with Gasteiger partial charge in [0.1, 0.15) is 5.78 Å². The van der Waals surface area contributed by atoms with Gasteiger partial charge < -0.3 is 0 Å². The van der Waals surface area contributed by atoms with Crippen LogP contribution in [0.4, 0.5) is 0 Å². The first-order valence-corrected chi connectivity index (χ1v) is 9.35. The van der Waals surface area contributed by atoms with Crippen LogP contribution in [0.25, 0.3) is 0 Å². The largest absolute Gasteiger partial charge is 0.299 e. The van der Waals surface area contributed by atoms with Crippen molar-refractivity contribution in [1.29, 1.82) is 0 Å². The average Bonchev–Trinajstić information content (AvgIpc) is 2.39. The van der Waals surface area contributed by atoms with Gasteiger partial charge in [0.2, 0.25) is 10.0 Å². The van der Waals surface area contributed by atoms with Crippen molar-refractivity contribution in [2.75, 3.05) is 19.3 Å². The molecule has 0 bridgehead atoms. The third-order valence-corrected chi connectivity index (χ3v) is 5.95. The number of ketones is 1. The van der Waals surface area contributed by atoms with Crippen LogP contribution in [0.1, 0.15) is 36.3 Å². The Morgan fingerprint density at radius 2 is 2.10 bits per heavy atom. The van der Waals surface area contributed by atoms with E-state index < -0.39 is 10.0 Å². The molecule has 0 N–H and O–H groups in total. The summed E-state index contributed by atoms with van der Waals surface area (Å²) in [4.78, 5) is 12.4. The van der Waals surface area contributed by atoms with Crippen LogP contribution in [-0.4, -0.2) is 37.9 Å².